The highest BCUT2D eigenvalue weighted by Crippen LogP contribution is 2.35. The molecular weight excluding hydrogens is 1800 g/mol. The van der Waals surface area contributed by atoms with Gasteiger partial charge in [0.25, 0.3) is 0 Å². The minimum Gasteiger partial charge on any atom is -0.497 e. The first-order chi connectivity index (χ1) is 68.9. The minimum absolute atomic E-state index is 0.0390. The summed E-state index contributed by atoms with van der Waals surface area (Å²) in [5.74, 6) is 3.71. The van der Waals surface area contributed by atoms with Crippen molar-refractivity contribution in [3.8, 4) is 23.0 Å². The molecule has 3 aliphatic carbocycles. The van der Waals surface area contributed by atoms with Gasteiger partial charge in [0, 0.05) is 24.3 Å². The van der Waals surface area contributed by atoms with E-state index < -0.39 is 27.6 Å². The van der Waals surface area contributed by atoms with E-state index in [0.717, 1.165) is 181 Å². The molecule has 0 aliphatic heterocycles. The molecule has 20 nitrogen and oxygen atoms in total. The highest BCUT2D eigenvalue weighted by atomic mass is 16.6. The number of ether oxygens (including phenoxy) is 12. The first kappa shape index (κ1) is 126. The summed E-state index contributed by atoms with van der Waals surface area (Å²) in [6, 6.07) is 30.8. The van der Waals surface area contributed by atoms with Crippen LogP contribution in [-0.4, -0.2) is 128 Å². The number of esters is 8. The Morgan fingerprint density at radius 1 is 0.231 bits per heavy atom. The van der Waals surface area contributed by atoms with Crippen LogP contribution in [0.5, 0.6) is 23.0 Å². The Morgan fingerprint density at radius 3 is 0.622 bits per heavy atom. The number of benzene rings is 4. The van der Waals surface area contributed by atoms with E-state index in [4.69, 9.17) is 56.8 Å². The lowest BCUT2D eigenvalue weighted by molar-refractivity contribution is -0.158. The highest BCUT2D eigenvalue weighted by Gasteiger charge is 2.34. The van der Waals surface area contributed by atoms with Crippen LogP contribution in [0.2, 0.25) is 0 Å². The Hall–Kier alpha value is -9.20. The molecule has 0 aromatic heterocycles. The summed E-state index contributed by atoms with van der Waals surface area (Å²) in [4.78, 5) is 96.5. The van der Waals surface area contributed by atoms with Crippen LogP contribution in [0, 0.1) is 57.2 Å². The third-order valence-electron chi connectivity index (χ3n) is 28.6. The van der Waals surface area contributed by atoms with Crippen LogP contribution >= 0.6 is 0 Å². The molecule has 0 amide bonds. The van der Waals surface area contributed by atoms with Crippen LogP contribution in [-0.2, 0) is 76.3 Å². The molecule has 0 N–H and O–H groups in total. The normalized spacial score (nSPS) is 16.6. The molecule has 0 heterocycles. The van der Waals surface area contributed by atoms with E-state index in [1.807, 2.05) is 168 Å². The molecular formula is C123H192O20. The molecule has 0 saturated heterocycles. The number of carbonyl (C=O) groups excluding carboxylic acids is 8. The summed E-state index contributed by atoms with van der Waals surface area (Å²) < 4.78 is 65.9. The van der Waals surface area contributed by atoms with Gasteiger partial charge in [0.05, 0.1) is 88.2 Å². The molecule has 4 aromatic rings. The van der Waals surface area contributed by atoms with Crippen LogP contribution in [0.1, 0.15) is 421 Å². The molecule has 4 aromatic carbocycles. The van der Waals surface area contributed by atoms with Crippen molar-refractivity contribution in [3.05, 3.63) is 144 Å². The van der Waals surface area contributed by atoms with Crippen LogP contribution in [0.3, 0.4) is 0 Å². The van der Waals surface area contributed by atoms with E-state index in [1.54, 1.807) is 43.5 Å². The summed E-state index contributed by atoms with van der Waals surface area (Å²) in [7, 11) is 1.59. The zero-order valence-corrected chi connectivity index (χ0v) is 91.8. The van der Waals surface area contributed by atoms with Crippen molar-refractivity contribution in [1.29, 1.82) is 0 Å². The largest absolute Gasteiger partial charge is 0.497 e. The molecule has 3 saturated carbocycles. The fourth-order valence-electron chi connectivity index (χ4n) is 16.4. The van der Waals surface area contributed by atoms with Crippen molar-refractivity contribution in [2.24, 2.45) is 57.2 Å². The van der Waals surface area contributed by atoms with Gasteiger partial charge in [0.1, 0.15) is 36.2 Å². The average molecular weight is 1990 g/mol. The molecule has 3 aliphatic rings. The SMILES string of the molecule is CCC(C)(C)C(=O)OCCOC(=O)/C=C/c1ccc(OC)cc1.CCCCCCCCCCCCCCOc1ccc(/C=C/C(=O)OCC2CCC(COC(=O)C(C)(C)CC)CC2)cc1.CCCCCCCCCCCCOc1ccc(/C=C/C(=O)OCC2CCC(COC(=O)C(C)(C)CC)CC2)cc1.CCCCCCCCCCOc1ccc(/C=C/C(=O)OCC2CCC(COC(=O)C(C)(C)CC)CC2)cc1. The van der Waals surface area contributed by atoms with Gasteiger partial charge in [-0.15, -0.1) is 0 Å². The first-order valence-corrected chi connectivity index (χ1v) is 55.8. The summed E-state index contributed by atoms with van der Waals surface area (Å²) in [5, 5.41) is 0. The summed E-state index contributed by atoms with van der Waals surface area (Å²) in [5.41, 5.74) is 1.94. The van der Waals surface area contributed by atoms with Crippen molar-refractivity contribution in [1.82, 2.24) is 0 Å². The van der Waals surface area contributed by atoms with Gasteiger partial charge >= 0.3 is 47.8 Å². The second kappa shape index (κ2) is 76.4. The quantitative estimate of drug-likeness (QED) is 0.0172. The number of rotatable bonds is 68. The Labute approximate surface area is 865 Å². The van der Waals surface area contributed by atoms with E-state index in [2.05, 4.69) is 20.8 Å². The average Bonchev–Trinajstić information content (AvgIpc) is 0.874. The highest BCUT2D eigenvalue weighted by molar-refractivity contribution is 5.89. The van der Waals surface area contributed by atoms with Crippen molar-refractivity contribution in [3.63, 3.8) is 0 Å². The Balaban J connectivity index is 0.000000405. The molecule has 804 valence electrons. The fraction of sp³-hybridized carbons (Fsp3) is 0.675. The Bertz CT molecular complexity index is 4150. The topological polar surface area (TPSA) is 247 Å². The van der Waals surface area contributed by atoms with Gasteiger partial charge in [-0.1, -0.05) is 270 Å². The molecule has 0 atom stereocenters. The number of unbranched alkanes of at least 4 members (excludes halogenated alkanes) is 27. The number of hydrogen-bond acceptors (Lipinski definition) is 20. The number of methoxy groups -OCH3 is 1. The Kier molecular flexibility index (Phi) is 67.3. The standard InChI is InChI=1S/C37H60O5.C35H56O5.C33H52O5.C18H24O5/c1-5-7-8-9-10-11-12-13-14-15-16-17-28-40-34-25-22-31(23-26-34)24-27-35(38)41-29-32-18-20-33(21-19-32)30-42-36(39)37(3,4)6-2;1-5-7-8-9-10-11-12-13-14-15-26-38-32-23-20-29(21-24-32)22-25-33(36)39-27-30-16-18-31(19-17-30)28-40-34(37)35(3,4)6-2;1-5-7-8-9-10-11-12-13-24-36-30-21-18-27(19-22-30)20-23-31(34)37-25-28-14-16-29(17-15-28)26-38-32(35)33(3,4)6-2;1-5-18(2,3)17(20)23-13-12-22-16(19)11-8-14-6-9-15(21-4)10-7-14/h22-27,32-33H,5-21,28-30H2,1-4H3;20-25,30-31H,5-19,26-28H2,1-4H3;18-23,28-29H,5-17,24-26H2,1-4H3;6-11H,5,12-13H2,1-4H3/b27-24+;25-22+;23-20+;11-8+. The lowest BCUT2D eigenvalue weighted by Crippen LogP contribution is -2.29. The maximum atomic E-state index is 12.2. The van der Waals surface area contributed by atoms with E-state index in [9.17, 15) is 38.4 Å². The predicted octanol–water partition coefficient (Wildman–Crippen LogP) is 31.2. The van der Waals surface area contributed by atoms with Crippen molar-refractivity contribution in [2.45, 2.75) is 399 Å². The lowest BCUT2D eigenvalue weighted by atomic mass is 9.82. The molecule has 20 heteroatoms. The third kappa shape index (κ3) is 59.9. The molecule has 143 heavy (non-hydrogen) atoms. The van der Waals surface area contributed by atoms with Crippen LogP contribution in [0.25, 0.3) is 24.3 Å². The van der Waals surface area contributed by atoms with Gasteiger partial charge in [-0.25, -0.2) is 19.2 Å². The predicted molar refractivity (Wildman–Crippen MR) is 581 cm³/mol. The number of hydrogen-bond donors (Lipinski definition) is 0. The second-order valence-corrected chi connectivity index (χ2v) is 42.5. The van der Waals surface area contributed by atoms with E-state index in [1.165, 1.54) is 198 Å². The van der Waals surface area contributed by atoms with Gasteiger partial charge in [0.15, 0.2) is 0 Å². The maximum Gasteiger partial charge on any atom is 0.330 e. The second-order valence-electron chi connectivity index (χ2n) is 42.5. The summed E-state index contributed by atoms with van der Waals surface area (Å²) >= 11 is 0. The molecule has 0 spiro atoms. The van der Waals surface area contributed by atoms with E-state index >= 15 is 0 Å². The van der Waals surface area contributed by atoms with Crippen molar-refractivity contribution < 1.29 is 95.2 Å². The summed E-state index contributed by atoms with van der Waals surface area (Å²) in [6.07, 6.45) is 67.5. The first-order valence-electron chi connectivity index (χ1n) is 55.8. The fourth-order valence-corrected chi connectivity index (χ4v) is 16.4. The molecule has 7 rings (SSSR count). The van der Waals surface area contributed by atoms with Gasteiger partial charge in [-0.05, 0) is 308 Å². The van der Waals surface area contributed by atoms with Crippen LogP contribution in [0.15, 0.2) is 121 Å². The third-order valence-corrected chi connectivity index (χ3v) is 28.6. The molecule has 3 fully saturated rings. The lowest BCUT2D eigenvalue weighted by Gasteiger charge is -2.29. The maximum absolute atomic E-state index is 12.2. The van der Waals surface area contributed by atoms with Crippen LogP contribution < -0.4 is 18.9 Å². The van der Waals surface area contributed by atoms with E-state index in [-0.39, 0.29) is 55.0 Å². The zero-order valence-electron chi connectivity index (χ0n) is 91.8. The Morgan fingerprint density at radius 2 is 0.413 bits per heavy atom. The van der Waals surface area contributed by atoms with Gasteiger partial charge in [-0.3, -0.25) is 19.2 Å². The van der Waals surface area contributed by atoms with Crippen molar-refractivity contribution >= 4 is 72.1 Å². The number of carbonyl (C=O) groups is 8. The van der Waals surface area contributed by atoms with Gasteiger partial charge in [-0.2, -0.15) is 0 Å². The van der Waals surface area contributed by atoms with Crippen molar-refractivity contribution in [2.75, 3.05) is 79.8 Å². The monoisotopic (exact) mass is 1990 g/mol. The molecule has 0 radical (unpaired) electrons. The van der Waals surface area contributed by atoms with E-state index in [0.29, 0.717) is 81.6 Å². The smallest absolute Gasteiger partial charge is 0.330 e. The minimum atomic E-state index is -0.516. The zero-order chi connectivity index (χ0) is 104. The van der Waals surface area contributed by atoms with Gasteiger partial charge in [0.2, 0.25) is 0 Å². The van der Waals surface area contributed by atoms with Gasteiger partial charge < -0.3 is 56.8 Å². The van der Waals surface area contributed by atoms with Crippen LogP contribution in [0.4, 0.5) is 0 Å². The summed E-state index contributed by atoms with van der Waals surface area (Å²) in [6.45, 7) is 35.2. The molecule has 0 bridgehead atoms. The molecule has 0 unspecified atom stereocenters.